The molecule has 0 bridgehead atoms. The molecule has 1 N–H and O–H groups in total. The number of H-pyrrole nitrogens is 1. The van der Waals surface area contributed by atoms with Crippen molar-refractivity contribution in [2.75, 3.05) is 0 Å². The van der Waals surface area contributed by atoms with Crippen molar-refractivity contribution in [2.24, 2.45) is 0 Å². The van der Waals surface area contributed by atoms with Crippen LogP contribution in [-0.4, -0.2) is 26.2 Å². The molecule has 0 aromatic carbocycles. The SMILES string of the molecule is Cc1nc(-c2cccnc2)nc2[nH]cc(C=O)c12. The van der Waals surface area contributed by atoms with E-state index in [2.05, 4.69) is 19.9 Å². The molecule has 18 heavy (non-hydrogen) atoms. The highest BCUT2D eigenvalue weighted by Crippen LogP contribution is 2.22. The summed E-state index contributed by atoms with van der Waals surface area (Å²) in [6.45, 7) is 1.87. The molecule has 0 aliphatic rings. The lowest BCUT2D eigenvalue weighted by Crippen LogP contribution is -1.94. The lowest BCUT2D eigenvalue weighted by Gasteiger charge is -2.02. The number of nitrogens with zero attached hydrogens (tertiary/aromatic N) is 3. The number of carbonyl (C=O) groups excluding carboxylic acids is 1. The maximum absolute atomic E-state index is 10.9. The number of carbonyl (C=O) groups is 1. The van der Waals surface area contributed by atoms with Crippen LogP contribution >= 0.6 is 0 Å². The highest BCUT2D eigenvalue weighted by atomic mass is 16.1. The van der Waals surface area contributed by atoms with E-state index in [-0.39, 0.29) is 0 Å². The minimum absolute atomic E-state index is 0.584. The number of fused-ring (bicyclic) bond motifs is 1. The van der Waals surface area contributed by atoms with Gasteiger partial charge >= 0.3 is 0 Å². The van der Waals surface area contributed by atoms with E-state index in [4.69, 9.17) is 0 Å². The minimum Gasteiger partial charge on any atom is -0.345 e. The van der Waals surface area contributed by atoms with E-state index in [1.165, 1.54) is 0 Å². The van der Waals surface area contributed by atoms with Gasteiger partial charge in [-0.3, -0.25) is 9.78 Å². The number of aldehydes is 1. The normalized spacial score (nSPS) is 10.7. The van der Waals surface area contributed by atoms with Gasteiger partial charge in [0, 0.05) is 29.7 Å². The first-order chi connectivity index (χ1) is 8.79. The average Bonchev–Trinajstić information content (AvgIpc) is 2.83. The molecule has 0 saturated heterocycles. The molecule has 3 rings (SSSR count). The van der Waals surface area contributed by atoms with E-state index in [1.807, 2.05) is 19.1 Å². The standard InChI is InChI=1S/C13H10N4O/c1-8-11-10(7-18)6-15-13(11)17-12(16-8)9-3-2-4-14-5-9/h2-7H,1H3,(H,15,16,17). The first kappa shape index (κ1) is 10.6. The van der Waals surface area contributed by atoms with Crippen LogP contribution in [0.25, 0.3) is 22.4 Å². The molecule has 0 radical (unpaired) electrons. The van der Waals surface area contributed by atoms with Crippen LogP contribution in [0.1, 0.15) is 16.1 Å². The van der Waals surface area contributed by atoms with Crippen LogP contribution in [0.15, 0.2) is 30.7 Å². The Labute approximate surface area is 103 Å². The predicted octanol–water partition coefficient (Wildman–Crippen LogP) is 2.14. The molecule has 88 valence electrons. The molecule has 5 nitrogen and oxygen atoms in total. The number of aromatic amines is 1. The first-order valence-electron chi connectivity index (χ1n) is 5.51. The van der Waals surface area contributed by atoms with E-state index in [9.17, 15) is 4.79 Å². The van der Waals surface area contributed by atoms with Gasteiger partial charge in [0.05, 0.1) is 11.1 Å². The second-order valence-electron chi connectivity index (χ2n) is 3.96. The zero-order valence-corrected chi connectivity index (χ0v) is 9.71. The third-order valence-corrected chi connectivity index (χ3v) is 2.79. The van der Waals surface area contributed by atoms with Gasteiger partial charge in [0.15, 0.2) is 12.1 Å². The van der Waals surface area contributed by atoms with Crippen LogP contribution in [0.3, 0.4) is 0 Å². The van der Waals surface area contributed by atoms with Crippen molar-refractivity contribution in [1.29, 1.82) is 0 Å². The monoisotopic (exact) mass is 238 g/mol. The van der Waals surface area contributed by atoms with Crippen LogP contribution in [-0.2, 0) is 0 Å². The van der Waals surface area contributed by atoms with Gasteiger partial charge in [-0.25, -0.2) is 9.97 Å². The van der Waals surface area contributed by atoms with Gasteiger partial charge in [-0.15, -0.1) is 0 Å². The number of pyridine rings is 1. The Kier molecular flexibility index (Phi) is 2.37. The lowest BCUT2D eigenvalue weighted by atomic mass is 10.2. The molecule has 0 unspecified atom stereocenters. The van der Waals surface area contributed by atoms with Gasteiger partial charge < -0.3 is 4.98 Å². The van der Waals surface area contributed by atoms with Gasteiger partial charge in [-0.2, -0.15) is 0 Å². The van der Waals surface area contributed by atoms with Gasteiger partial charge in [0.25, 0.3) is 0 Å². The fourth-order valence-corrected chi connectivity index (χ4v) is 1.96. The summed E-state index contributed by atoms with van der Waals surface area (Å²) in [4.78, 5) is 26.8. The number of hydrogen-bond acceptors (Lipinski definition) is 4. The first-order valence-corrected chi connectivity index (χ1v) is 5.51. The molecule has 0 atom stereocenters. The summed E-state index contributed by atoms with van der Waals surface area (Å²) < 4.78 is 0. The quantitative estimate of drug-likeness (QED) is 0.694. The largest absolute Gasteiger partial charge is 0.345 e. The van der Waals surface area contributed by atoms with Crippen LogP contribution in [0.5, 0.6) is 0 Å². The van der Waals surface area contributed by atoms with Gasteiger partial charge in [0.2, 0.25) is 0 Å². The molecule has 0 spiro atoms. The third kappa shape index (κ3) is 1.57. The van der Waals surface area contributed by atoms with Crippen molar-refractivity contribution in [3.63, 3.8) is 0 Å². The molecule has 0 amide bonds. The molecule has 3 heterocycles. The molecule has 3 aromatic heterocycles. The van der Waals surface area contributed by atoms with Gasteiger partial charge in [-0.05, 0) is 19.1 Å². The maximum Gasteiger partial charge on any atom is 0.163 e. The molecule has 0 saturated carbocycles. The topological polar surface area (TPSA) is 71.5 Å². The summed E-state index contributed by atoms with van der Waals surface area (Å²) >= 11 is 0. The summed E-state index contributed by atoms with van der Waals surface area (Å²) in [6.07, 6.45) is 5.86. The Morgan fingerprint density at radius 3 is 2.94 bits per heavy atom. The molecular formula is C13H10N4O. The van der Waals surface area contributed by atoms with Crippen LogP contribution in [0.2, 0.25) is 0 Å². The Morgan fingerprint density at radius 2 is 2.22 bits per heavy atom. The lowest BCUT2D eigenvalue weighted by molar-refractivity contribution is 0.112. The number of aromatic nitrogens is 4. The zero-order valence-electron chi connectivity index (χ0n) is 9.71. The van der Waals surface area contributed by atoms with Crippen LogP contribution in [0.4, 0.5) is 0 Å². The highest BCUT2D eigenvalue weighted by molar-refractivity contribution is 5.97. The average molecular weight is 238 g/mol. The van der Waals surface area contributed by atoms with Crippen molar-refractivity contribution < 1.29 is 4.79 Å². The fraction of sp³-hybridized carbons (Fsp3) is 0.0769. The number of nitrogens with one attached hydrogen (secondary N) is 1. The smallest absolute Gasteiger partial charge is 0.163 e. The molecule has 0 aliphatic carbocycles. The molecule has 5 heteroatoms. The molecule has 0 fully saturated rings. The van der Waals surface area contributed by atoms with E-state index in [0.29, 0.717) is 17.0 Å². The Hall–Kier alpha value is -2.56. The Morgan fingerprint density at radius 1 is 1.33 bits per heavy atom. The van der Waals surface area contributed by atoms with E-state index in [1.54, 1.807) is 18.6 Å². The second kappa shape index (κ2) is 4.03. The van der Waals surface area contributed by atoms with Gasteiger partial charge in [0.1, 0.15) is 5.65 Å². The third-order valence-electron chi connectivity index (χ3n) is 2.79. The molecular weight excluding hydrogens is 228 g/mol. The van der Waals surface area contributed by atoms with E-state index < -0.39 is 0 Å². The second-order valence-corrected chi connectivity index (χ2v) is 3.96. The van der Waals surface area contributed by atoms with Crippen molar-refractivity contribution in [3.05, 3.63) is 42.0 Å². The Bertz CT molecular complexity index is 718. The summed E-state index contributed by atoms with van der Waals surface area (Å²) in [7, 11) is 0. The number of hydrogen-bond donors (Lipinski definition) is 1. The van der Waals surface area contributed by atoms with Crippen molar-refractivity contribution in [3.8, 4) is 11.4 Å². The minimum atomic E-state index is 0.584. The van der Waals surface area contributed by atoms with Crippen molar-refractivity contribution in [2.45, 2.75) is 6.92 Å². The fourth-order valence-electron chi connectivity index (χ4n) is 1.96. The van der Waals surface area contributed by atoms with E-state index in [0.717, 1.165) is 22.9 Å². The number of rotatable bonds is 2. The summed E-state index contributed by atoms with van der Waals surface area (Å²) in [5.41, 5.74) is 2.88. The number of aryl methyl sites for hydroxylation is 1. The maximum atomic E-state index is 10.9. The summed E-state index contributed by atoms with van der Waals surface area (Å²) in [6, 6.07) is 3.74. The van der Waals surface area contributed by atoms with Crippen LogP contribution in [0, 0.1) is 6.92 Å². The van der Waals surface area contributed by atoms with Gasteiger partial charge in [-0.1, -0.05) is 0 Å². The van der Waals surface area contributed by atoms with Crippen molar-refractivity contribution in [1.82, 2.24) is 19.9 Å². The van der Waals surface area contributed by atoms with Crippen LogP contribution < -0.4 is 0 Å². The van der Waals surface area contributed by atoms with E-state index >= 15 is 0 Å². The predicted molar refractivity (Wildman–Crippen MR) is 67.2 cm³/mol. The molecule has 0 aliphatic heterocycles. The molecule has 3 aromatic rings. The summed E-state index contributed by atoms with van der Waals surface area (Å²) in [5, 5.41) is 0.776. The Balaban J connectivity index is 2.26. The zero-order chi connectivity index (χ0) is 12.5. The van der Waals surface area contributed by atoms with Crippen molar-refractivity contribution >= 4 is 17.3 Å². The summed E-state index contributed by atoms with van der Waals surface area (Å²) in [5.74, 6) is 0.604. The highest BCUT2D eigenvalue weighted by Gasteiger charge is 2.11.